The molecule has 0 spiro atoms. The Morgan fingerprint density at radius 1 is 1.06 bits per heavy atom. The molecule has 2 aromatic carbocycles. The fourth-order valence-electron chi connectivity index (χ4n) is 3.46. The van der Waals surface area contributed by atoms with Crippen molar-refractivity contribution in [2.24, 2.45) is 4.99 Å². The summed E-state index contributed by atoms with van der Waals surface area (Å²) < 4.78 is 1.95. The number of amides is 1. The maximum atomic E-state index is 13.0. The lowest BCUT2D eigenvalue weighted by atomic mass is 10.1. The Morgan fingerprint density at radius 2 is 1.77 bits per heavy atom. The van der Waals surface area contributed by atoms with Crippen molar-refractivity contribution in [2.75, 3.05) is 5.32 Å². The smallest absolute Gasteiger partial charge is 0.257 e. The molecule has 0 bridgehead atoms. The fraction of sp³-hybridized carbons (Fsp3) is 0.320. The van der Waals surface area contributed by atoms with Gasteiger partial charge in [-0.3, -0.25) is 14.8 Å². The number of para-hydroxylation sites is 1. The SMILES string of the molecule is CCCn1cc(CN=C(NC(=O)c2cc(C)cc(C)c2)Nc2ccccc2C)c(C)n1. The first-order valence-electron chi connectivity index (χ1n) is 10.7. The number of aromatic nitrogens is 2. The van der Waals surface area contributed by atoms with Crippen LogP contribution < -0.4 is 10.6 Å². The minimum atomic E-state index is -0.190. The molecule has 0 aliphatic rings. The zero-order valence-electron chi connectivity index (χ0n) is 19.0. The van der Waals surface area contributed by atoms with E-state index in [4.69, 9.17) is 4.99 Å². The summed E-state index contributed by atoms with van der Waals surface area (Å²) in [6.45, 7) is 11.4. The first kappa shape index (κ1) is 22.3. The molecule has 0 unspecified atom stereocenters. The third-order valence-electron chi connectivity index (χ3n) is 5.02. The summed E-state index contributed by atoms with van der Waals surface area (Å²) in [5, 5.41) is 10.8. The van der Waals surface area contributed by atoms with Crippen LogP contribution in [0.1, 0.15) is 51.7 Å². The molecule has 1 aromatic heterocycles. The van der Waals surface area contributed by atoms with Crippen LogP contribution in [0.4, 0.5) is 5.69 Å². The van der Waals surface area contributed by atoms with Crippen molar-refractivity contribution in [2.45, 2.75) is 54.1 Å². The van der Waals surface area contributed by atoms with Crippen molar-refractivity contribution < 1.29 is 4.79 Å². The summed E-state index contributed by atoms with van der Waals surface area (Å²) in [7, 11) is 0. The van der Waals surface area contributed by atoms with E-state index in [2.05, 4.69) is 22.7 Å². The Balaban J connectivity index is 1.86. The third kappa shape index (κ3) is 6.04. The highest BCUT2D eigenvalue weighted by Crippen LogP contribution is 2.14. The average molecular weight is 418 g/mol. The van der Waals surface area contributed by atoms with E-state index in [0.29, 0.717) is 18.1 Å². The zero-order valence-corrected chi connectivity index (χ0v) is 19.0. The van der Waals surface area contributed by atoms with E-state index < -0.39 is 0 Å². The lowest BCUT2D eigenvalue weighted by Crippen LogP contribution is -2.36. The number of guanidine groups is 1. The summed E-state index contributed by atoms with van der Waals surface area (Å²) in [4.78, 5) is 17.6. The molecule has 0 fully saturated rings. The van der Waals surface area contributed by atoms with Crippen LogP contribution >= 0.6 is 0 Å². The number of benzene rings is 2. The Bertz CT molecular complexity index is 1080. The van der Waals surface area contributed by atoms with Gasteiger partial charge in [0, 0.05) is 29.6 Å². The number of rotatable bonds is 6. The number of aryl methyl sites for hydroxylation is 5. The van der Waals surface area contributed by atoms with Gasteiger partial charge in [0.2, 0.25) is 5.96 Å². The fourth-order valence-corrected chi connectivity index (χ4v) is 3.46. The minimum absolute atomic E-state index is 0.190. The van der Waals surface area contributed by atoms with E-state index in [1.165, 1.54) is 0 Å². The van der Waals surface area contributed by atoms with Gasteiger partial charge < -0.3 is 5.32 Å². The predicted octanol–water partition coefficient (Wildman–Crippen LogP) is 4.92. The summed E-state index contributed by atoms with van der Waals surface area (Å²) in [5.41, 5.74) is 6.68. The number of carbonyl (C=O) groups is 1. The molecular weight excluding hydrogens is 386 g/mol. The van der Waals surface area contributed by atoms with Crippen molar-refractivity contribution >= 4 is 17.6 Å². The van der Waals surface area contributed by atoms with Crippen LogP contribution in [0.25, 0.3) is 0 Å². The molecule has 0 aliphatic heterocycles. The normalized spacial score (nSPS) is 11.5. The van der Waals surface area contributed by atoms with Gasteiger partial charge in [-0.15, -0.1) is 0 Å². The quantitative estimate of drug-likeness (QED) is 0.441. The van der Waals surface area contributed by atoms with Gasteiger partial charge in [-0.2, -0.15) is 5.10 Å². The number of anilines is 1. The van der Waals surface area contributed by atoms with Crippen LogP contribution in [-0.4, -0.2) is 21.6 Å². The highest BCUT2D eigenvalue weighted by Gasteiger charge is 2.12. The van der Waals surface area contributed by atoms with Crippen molar-refractivity contribution in [3.63, 3.8) is 0 Å². The zero-order chi connectivity index (χ0) is 22.4. The van der Waals surface area contributed by atoms with Crippen molar-refractivity contribution in [1.82, 2.24) is 15.1 Å². The number of nitrogens with one attached hydrogen (secondary N) is 2. The molecule has 162 valence electrons. The first-order chi connectivity index (χ1) is 14.9. The summed E-state index contributed by atoms with van der Waals surface area (Å²) in [6, 6.07) is 13.7. The highest BCUT2D eigenvalue weighted by molar-refractivity contribution is 6.10. The molecule has 3 aromatic rings. The lowest BCUT2D eigenvalue weighted by Gasteiger charge is -2.14. The second-order valence-electron chi connectivity index (χ2n) is 7.94. The number of nitrogens with zero attached hydrogens (tertiary/aromatic N) is 3. The molecule has 2 N–H and O–H groups in total. The topological polar surface area (TPSA) is 71.3 Å². The number of hydrogen-bond donors (Lipinski definition) is 2. The van der Waals surface area contributed by atoms with Gasteiger partial charge in [0.05, 0.1) is 12.2 Å². The second kappa shape index (κ2) is 10.1. The lowest BCUT2D eigenvalue weighted by molar-refractivity contribution is 0.0976. The van der Waals surface area contributed by atoms with Gasteiger partial charge in [0.15, 0.2) is 0 Å². The van der Waals surface area contributed by atoms with Crippen LogP contribution in [0.15, 0.2) is 53.7 Å². The van der Waals surface area contributed by atoms with Gasteiger partial charge in [0.25, 0.3) is 5.91 Å². The maximum absolute atomic E-state index is 13.0. The number of hydrogen-bond acceptors (Lipinski definition) is 3. The maximum Gasteiger partial charge on any atom is 0.257 e. The Kier molecular flexibility index (Phi) is 7.23. The Labute approximate surface area is 184 Å². The molecule has 1 heterocycles. The van der Waals surface area contributed by atoms with Crippen molar-refractivity contribution in [3.05, 3.63) is 82.2 Å². The van der Waals surface area contributed by atoms with Gasteiger partial charge in [-0.1, -0.05) is 42.3 Å². The molecule has 6 nitrogen and oxygen atoms in total. The third-order valence-corrected chi connectivity index (χ3v) is 5.02. The van der Waals surface area contributed by atoms with Crippen LogP contribution in [0.2, 0.25) is 0 Å². The molecule has 0 saturated carbocycles. The molecule has 1 amide bonds. The van der Waals surface area contributed by atoms with Crippen LogP contribution in [0, 0.1) is 27.7 Å². The van der Waals surface area contributed by atoms with Crippen molar-refractivity contribution in [1.29, 1.82) is 0 Å². The minimum Gasteiger partial charge on any atom is -0.326 e. The summed E-state index contributed by atoms with van der Waals surface area (Å²) >= 11 is 0. The van der Waals surface area contributed by atoms with Gasteiger partial charge >= 0.3 is 0 Å². The molecule has 3 rings (SSSR count). The number of carbonyl (C=O) groups excluding carboxylic acids is 1. The van der Waals surface area contributed by atoms with E-state index in [9.17, 15) is 4.79 Å². The standard InChI is InChI=1S/C25H31N5O/c1-6-11-30-16-22(20(5)29-30)15-26-25(27-23-10-8-7-9-19(23)4)28-24(31)21-13-17(2)12-18(3)14-21/h7-10,12-14,16H,6,11,15H2,1-5H3,(H2,26,27,28,31). The largest absolute Gasteiger partial charge is 0.326 e. The van der Waals surface area contributed by atoms with Crippen LogP contribution in [0.5, 0.6) is 0 Å². The van der Waals surface area contributed by atoms with Crippen LogP contribution in [0.3, 0.4) is 0 Å². The van der Waals surface area contributed by atoms with E-state index in [1.807, 2.05) is 81.0 Å². The molecule has 31 heavy (non-hydrogen) atoms. The monoisotopic (exact) mass is 417 g/mol. The van der Waals surface area contributed by atoms with Gasteiger partial charge in [-0.25, -0.2) is 4.99 Å². The highest BCUT2D eigenvalue weighted by atomic mass is 16.1. The Morgan fingerprint density at radius 3 is 2.45 bits per heavy atom. The Hall–Kier alpha value is -3.41. The second-order valence-corrected chi connectivity index (χ2v) is 7.94. The molecule has 0 aliphatic carbocycles. The summed E-state index contributed by atoms with van der Waals surface area (Å²) in [6.07, 6.45) is 3.05. The number of aliphatic imine (C=N–C) groups is 1. The summed E-state index contributed by atoms with van der Waals surface area (Å²) in [5.74, 6) is 0.228. The molecule has 0 radical (unpaired) electrons. The van der Waals surface area contributed by atoms with Crippen molar-refractivity contribution in [3.8, 4) is 0 Å². The van der Waals surface area contributed by atoms with Gasteiger partial charge in [0.1, 0.15) is 0 Å². The van der Waals surface area contributed by atoms with E-state index in [0.717, 1.165) is 46.6 Å². The van der Waals surface area contributed by atoms with E-state index in [1.54, 1.807) is 0 Å². The predicted molar refractivity (Wildman–Crippen MR) is 127 cm³/mol. The molecule has 6 heteroatoms. The van der Waals surface area contributed by atoms with Crippen LogP contribution in [-0.2, 0) is 13.1 Å². The molecule has 0 saturated heterocycles. The average Bonchev–Trinajstić information content (AvgIpc) is 3.06. The van der Waals surface area contributed by atoms with Gasteiger partial charge in [-0.05, 0) is 57.9 Å². The molecule has 0 atom stereocenters. The van der Waals surface area contributed by atoms with E-state index >= 15 is 0 Å². The molecular formula is C25H31N5O. The first-order valence-corrected chi connectivity index (χ1v) is 10.7. The van der Waals surface area contributed by atoms with E-state index in [-0.39, 0.29) is 5.91 Å².